The van der Waals surface area contributed by atoms with Gasteiger partial charge in [0.25, 0.3) is 0 Å². The maximum atomic E-state index is 9.64. The summed E-state index contributed by atoms with van der Waals surface area (Å²) in [6.45, 7) is 5.72. The molecule has 1 aromatic heterocycles. The standard InChI is InChI=1S/C12H21NO2S/c1-3-11(12-6-5-7-16-12)13-8-10(14)9-15-4-2/h5-7,10-11,13-14H,3-4,8-9H2,1-2H3. The van der Waals surface area contributed by atoms with Crippen LogP contribution >= 0.6 is 11.3 Å². The molecule has 0 saturated carbocycles. The first-order valence-corrected chi connectivity index (χ1v) is 6.68. The first-order valence-electron chi connectivity index (χ1n) is 5.80. The molecular formula is C12H21NO2S. The summed E-state index contributed by atoms with van der Waals surface area (Å²) in [7, 11) is 0. The second-order valence-corrected chi connectivity index (χ2v) is 4.68. The normalized spacial score (nSPS) is 14.9. The molecule has 2 atom stereocenters. The molecule has 92 valence electrons. The zero-order valence-electron chi connectivity index (χ0n) is 9.98. The molecule has 0 radical (unpaired) electrons. The van der Waals surface area contributed by atoms with Crippen LogP contribution in [-0.2, 0) is 4.74 Å². The van der Waals surface area contributed by atoms with Crippen molar-refractivity contribution in [3.05, 3.63) is 22.4 Å². The molecule has 0 aliphatic heterocycles. The van der Waals surface area contributed by atoms with Crippen molar-refractivity contribution < 1.29 is 9.84 Å². The van der Waals surface area contributed by atoms with Gasteiger partial charge in [0.2, 0.25) is 0 Å². The van der Waals surface area contributed by atoms with Gasteiger partial charge in [-0.15, -0.1) is 11.3 Å². The molecule has 0 bridgehead atoms. The molecule has 4 heteroatoms. The number of ether oxygens (including phenoxy) is 1. The van der Waals surface area contributed by atoms with E-state index in [1.807, 2.05) is 6.92 Å². The highest BCUT2D eigenvalue weighted by molar-refractivity contribution is 7.10. The van der Waals surface area contributed by atoms with E-state index in [1.165, 1.54) is 4.88 Å². The van der Waals surface area contributed by atoms with Gasteiger partial charge < -0.3 is 15.2 Å². The molecule has 0 fully saturated rings. The Kier molecular flexibility index (Phi) is 6.64. The summed E-state index contributed by atoms with van der Waals surface area (Å²) in [4.78, 5) is 1.33. The van der Waals surface area contributed by atoms with E-state index in [4.69, 9.17) is 4.74 Å². The van der Waals surface area contributed by atoms with Crippen molar-refractivity contribution in [2.24, 2.45) is 0 Å². The third-order valence-electron chi connectivity index (χ3n) is 2.41. The van der Waals surface area contributed by atoms with E-state index in [9.17, 15) is 5.11 Å². The predicted octanol–water partition coefficient (Wildman–Crippen LogP) is 2.19. The fourth-order valence-electron chi connectivity index (χ4n) is 1.53. The lowest BCUT2D eigenvalue weighted by molar-refractivity contribution is 0.0413. The molecule has 0 aliphatic rings. The summed E-state index contributed by atoms with van der Waals surface area (Å²) in [5, 5.41) is 15.1. The molecule has 0 saturated heterocycles. The van der Waals surface area contributed by atoms with Gasteiger partial charge in [-0.2, -0.15) is 0 Å². The second kappa shape index (κ2) is 7.79. The number of nitrogens with one attached hydrogen (secondary N) is 1. The summed E-state index contributed by atoms with van der Waals surface area (Å²) in [5.74, 6) is 0. The van der Waals surface area contributed by atoms with Crippen LogP contribution < -0.4 is 5.32 Å². The summed E-state index contributed by atoms with van der Waals surface area (Å²) < 4.78 is 5.16. The van der Waals surface area contributed by atoms with Gasteiger partial charge in [-0.3, -0.25) is 0 Å². The Bertz CT molecular complexity index is 264. The Morgan fingerprint density at radius 3 is 2.88 bits per heavy atom. The lowest BCUT2D eigenvalue weighted by Gasteiger charge is -2.18. The summed E-state index contributed by atoms with van der Waals surface area (Å²) in [6.07, 6.45) is 0.607. The number of hydrogen-bond donors (Lipinski definition) is 2. The average Bonchev–Trinajstić information content (AvgIpc) is 2.81. The van der Waals surface area contributed by atoms with Crippen molar-refractivity contribution in [3.63, 3.8) is 0 Å². The van der Waals surface area contributed by atoms with Gasteiger partial charge in [0.05, 0.1) is 12.7 Å². The van der Waals surface area contributed by atoms with Crippen LogP contribution in [0.1, 0.15) is 31.2 Å². The molecule has 2 unspecified atom stereocenters. The number of rotatable bonds is 8. The smallest absolute Gasteiger partial charge is 0.0897 e. The highest BCUT2D eigenvalue weighted by Crippen LogP contribution is 2.21. The SMILES string of the molecule is CCOCC(O)CNC(CC)c1cccs1. The van der Waals surface area contributed by atoms with Gasteiger partial charge in [0, 0.05) is 24.1 Å². The van der Waals surface area contributed by atoms with Gasteiger partial charge in [0.15, 0.2) is 0 Å². The monoisotopic (exact) mass is 243 g/mol. The number of aliphatic hydroxyl groups excluding tert-OH is 1. The van der Waals surface area contributed by atoms with Gasteiger partial charge in [-0.1, -0.05) is 13.0 Å². The Labute approximate surface area is 101 Å². The van der Waals surface area contributed by atoms with Crippen molar-refractivity contribution in [3.8, 4) is 0 Å². The van der Waals surface area contributed by atoms with Crippen molar-refractivity contribution >= 4 is 11.3 Å². The van der Waals surface area contributed by atoms with Gasteiger partial charge in [0.1, 0.15) is 0 Å². The largest absolute Gasteiger partial charge is 0.389 e. The van der Waals surface area contributed by atoms with Crippen LogP contribution in [0, 0.1) is 0 Å². The molecule has 16 heavy (non-hydrogen) atoms. The molecular weight excluding hydrogens is 222 g/mol. The fraction of sp³-hybridized carbons (Fsp3) is 0.667. The molecule has 0 spiro atoms. The van der Waals surface area contributed by atoms with Crippen molar-refractivity contribution in [1.82, 2.24) is 5.32 Å². The predicted molar refractivity (Wildman–Crippen MR) is 67.9 cm³/mol. The van der Waals surface area contributed by atoms with Crippen LogP contribution in [0.2, 0.25) is 0 Å². The van der Waals surface area contributed by atoms with Gasteiger partial charge in [-0.25, -0.2) is 0 Å². The first kappa shape index (κ1) is 13.6. The van der Waals surface area contributed by atoms with E-state index < -0.39 is 6.10 Å². The number of thiophene rings is 1. The quantitative estimate of drug-likeness (QED) is 0.735. The minimum absolute atomic E-state index is 0.344. The Morgan fingerprint density at radius 1 is 1.50 bits per heavy atom. The Balaban J connectivity index is 2.29. The van der Waals surface area contributed by atoms with Crippen molar-refractivity contribution in [2.75, 3.05) is 19.8 Å². The van der Waals surface area contributed by atoms with Gasteiger partial charge in [-0.05, 0) is 24.8 Å². The first-order chi connectivity index (χ1) is 7.77. The molecule has 1 heterocycles. The topological polar surface area (TPSA) is 41.5 Å². The van der Waals surface area contributed by atoms with Crippen LogP contribution in [0.15, 0.2) is 17.5 Å². The Hall–Kier alpha value is -0.420. The number of aliphatic hydroxyl groups is 1. The Morgan fingerprint density at radius 2 is 2.31 bits per heavy atom. The van der Waals surface area contributed by atoms with Crippen molar-refractivity contribution in [1.29, 1.82) is 0 Å². The molecule has 3 nitrogen and oxygen atoms in total. The third-order valence-corrected chi connectivity index (χ3v) is 3.40. The lowest BCUT2D eigenvalue weighted by Crippen LogP contribution is -2.32. The minimum Gasteiger partial charge on any atom is -0.389 e. The van der Waals surface area contributed by atoms with Crippen LogP contribution in [-0.4, -0.2) is 31.0 Å². The molecule has 1 aromatic rings. The maximum Gasteiger partial charge on any atom is 0.0897 e. The molecule has 0 amide bonds. The minimum atomic E-state index is -0.422. The van der Waals surface area contributed by atoms with E-state index in [0.29, 0.717) is 25.8 Å². The van der Waals surface area contributed by atoms with E-state index in [0.717, 1.165) is 6.42 Å². The van der Waals surface area contributed by atoms with Crippen LogP contribution in [0.3, 0.4) is 0 Å². The second-order valence-electron chi connectivity index (χ2n) is 3.70. The van der Waals surface area contributed by atoms with E-state index in [1.54, 1.807) is 11.3 Å². The van der Waals surface area contributed by atoms with Gasteiger partial charge >= 0.3 is 0 Å². The van der Waals surface area contributed by atoms with E-state index >= 15 is 0 Å². The summed E-state index contributed by atoms with van der Waals surface area (Å²) in [6, 6.07) is 4.53. The molecule has 0 aliphatic carbocycles. The highest BCUT2D eigenvalue weighted by atomic mass is 32.1. The molecule has 2 N–H and O–H groups in total. The third kappa shape index (κ3) is 4.61. The average molecular weight is 243 g/mol. The zero-order valence-corrected chi connectivity index (χ0v) is 10.8. The van der Waals surface area contributed by atoms with Crippen LogP contribution in [0.4, 0.5) is 0 Å². The van der Waals surface area contributed by atoms with E-state index in [2.05, 4.69) is 29.8 Å². The summed E-state index contributed by atoms with van der Waals surface area (Å²) >= 11 is 1.75. The molecule has 0 aromatic carbocycles. The fourth-order valence-corrected chi connectivity index (χ4v) is 2.41. The molecule has 1 rings (SSSR count). The lowest BCUT2D eigenvalue weighted by atomic mass is 10.2. The van der Waals surface area contributed by atoms with Crippen LogP contribution in [0.5, 0.6) is 0 Å². The maximum absolute atomic E-state index is 9.64. The highest BCUT2D eigenvalue weighted by Gasteiger charge is 2.11. The summed E-state index contributed by atoms with van der Waals surface area (Å²) in [5.41, 5.74) is 0. The van der Waals surface area contributed by atoms with Crippen molar-refractivity contribution in [2.45, 2.75) is 32.4 Å². The van der Waals surface area contributed by atoms with E-state index in [-0.39, 0.29) is 0 Å². The number of hydrogen-bond acceptors (Lipinski definition) is 4. The van der Waals surface area contributed by atoms with Crippen LogP contribution in [0.25, 0.3) is 0 Å². The zero-order chi connectivity index (χ0) is 11.8.